The third kappa shape index (κ3) is 1.86. The Hall–Kier alpha value is -0.677. The molecule has 1 atom stereocenters. The van der Waals surface area contributed by atoms with Gasteiger partial charge in [-0.25, -0.2) is 11.6 Å². The van der Waals surface area contributed by atoms with Gasteiger partial charge >= 0.3 is 26.2 Å². The van der Waals surface area contributed by atoms with E-state index in [-0.39, 0.29) is 29.1 Å². The quantitative estimate of drug-likeness (QED) is 0.684. The van der Waals surface area contributed by atoms with Crippen LogP contribution in [0, 0.1) is 6.08 Å². The van der Waals surface area contributed by atoms with Crippen molar-refractivity contribution in [2.45, 2.75) is 12.3 Å². The maximum Gasteiger partial charge on any atom is 3.00 e. The Bertz CT molecular complexity index is 461. The van der Waals surface area contributed by atoms with E-state index in [1.807, 2.05) is 0 Å². The number of fused-ring (bicyclic) bond motifs is 1. The SMILES string of the molecule is [C-]1=C(C2C=Cc3ccccc32)C=CC1.[H-].[H-].[Zr+3]. The summed E-state index contributed by atoms with van der Waals surface area (Å²) in [5.74, 6) is 0.449. The van der Waals surface area contributed by atoms with E-state index in [2.05, 4.69) is 54.6 Å². The van der Waals surface area contributed by atoms with Crippen LogP contribution in [0.4, 0.5) is 0 Å². The first kappa shape index (κ1) is 10.8. The molecule has 0 saturated carbocycles. The molecule has 0 N–H and O–H groups in total. The topological polar surface area (TPSA) is 0 Å². The first-order chi connectivity index (χ1) is 6.95. The van der Waals surface area contributed by atoms with Crippen LogP contribution in [0.1, 0.15) is 26.3 Å². The molecular weight excluding hydrogens is 259 g/mol. The second-order valence-electron chi connectivity index (χ2n) is 3.70. The average molecular weight is 272 g/mol. The first-order valence-corrected chi connectivity index (χ1v) is 4.99. The first-order valence-electron chi connectivity index (χ1n) is 4.99. The van der Waals surface area contributed by atoms with Gasteiger partial charge in [0, 0.05) is 0 Å². The molecule has 1 unspecified atom stereocenters. The third-order valence-electron chi connectivity index (χ3n) is 2.86. The molecule has 0 amide bonds. The van der Waals surface area contributed by atoms with Gasteiger partial charge in [-0.05, 0) is 17.0 Å². The molecule has 0 spiro atoms. The smallest absolute Gasteiger partial charge is 1.00 e. The Labute approximate surface area is 112 Å². The van der Waals surface area contributed by atoms with Gasteiger partial charge < -0.3 is 2.85 Å². The summed E-state index contributed by atoms with van der Waals surface area (Å²) in [4.78, 5) is 0. The number of allylic oxidation sites excluding steroid dienone is 5. The van der Waals surface area contributed by atoms with Crippen molar-refractivity contribution in [1.29, 1.82) is 0 Å². The molecule has 1 radical (unpaired) electrons. The standard InChI is InChI=1S/C14H11.Zr.2H/c1-2-6-11(5-1)14-10-9-12-7-3-4-8-13(12)14;;;/h1,3-5,7-10,14H,2H2;;;/q-1;+3;2*-1. The molecule has 1 aromatic carbocycles. The van der Waals surface area contributed by atoms with Gasteiger partial charge in [0.2, 0.25) is 0 Å². The largest absolute Gasteiger partial charge is 3.00 e. The van der Waals surface area contributed by atoms with E-state index in [4.69, 9.17) is 0 Å². The minimum absolute atomic E-state index is 0. The number of hydrogen-bond acceptors (Lipinski definition) is 0. The van der Waals surface area contributed by atoms with Crippen LogP contribution in [0.15, 0.2) is 48.1 Å². The van der Waals surface area contributed by atoms with Gasteiger partial charge in [-0.3, -0.25) is 6.08 Å². The van der Waals surface area contributed by atoms with Gasteiger partial charge in [-0.2, -0.15) is 6.08 Å². The summed E-state index contributed by atoms with van der Waals surface area (Å²) < 4.78 is 0. The number of benzene rings is 1. The molecule has 0 bridgehead atoms. The molecule has 0 heterocycles. The molecule has 0 aromatic heterocycles. The Morgan fingerprint density at radius 1 is 1.20 bits per heavy atom. The van der Waals surface area contributed by atoms with Crippen LogP contribution in [-0.2, 0) is 26.2 Å². The van der Waals surface area contributed by atoms with Gasteiger partial charge in [0.25, 0.3) is 0 Å². The molecular formula is C14H13Zr. The fraction of sp³-hybridized carbons (Fsp3) is 0.143. The summed E-state index contributed by atoms with van der Waals surface area (Å²) in [7, 11) is 0. The fourth-order valence-electron chi connectivity index (χ4n) is 2.16. The molecule has 2 aliphatic carbocycles. The Morgan fingerprint density at radius 2 is 2.07 bits per heavy atom. The van der Waals surface area contributed by atoms with Crippen LogP contribution < -0.4 is 0 Å². The summed E-state index contributed by atoms with van der Waals surface area (Å²) in [6, 6.07) is 8.58. The zero-order valence-electron chi connectivity index (χ0n) is 10.4. The number of rotatable bonds is 1. The maximum atomic E-state index is 3.39. The summed E-state index contributed by atoms with van der Waals surface area (Å²) in [6.07, 6.45) is 13.2. The van der Waals surface area contributed by atoms with Crippen LogP contribution in [-0.4, -0.2) is 0 Å². The molecule has 3 rings (SSSR count). The Kier molecular flexibility index (Phi) is 3.21. The van der Waals surface area contributed by atoms with Gasteiger partial charge in [-0.15, -0.1) is 6.42 Å². The van der Waals surface area contributed by atoms with Crippen LogP contribution in [0.3, 0.4) is 0 Å². The van der Waals surface area contributed by atoms with Crippen molar-refractivity contribution in [1.82, 2.24) is 0 Å². The average Bonchev–Trinajstić information content (AvgIpc) is 2.85. The number of hydrogen-bond donors (Lipinski definition) is 0. The van der Waals surface area contributed by atoms with Crippen molar-refractivity contribution < 1.29 is 29.1 Å². The molecule has 0 aliphatic heterocycles. The van der Waals surface area contributed by atoms with Crippen LogP contribution in [0.2, 0.25) is 0 Å². The van der Waals surface area contributed by atoms with Crippen molar-refractivity contribution in [3.63, 3.8) is 0 Å². The molecule has 0 saturated heterocycles. The predicted octanol–water partition coefficient (Wildman–Crippen LogP) is 3.71. The second-order valence-corrected chi connectivity index (χ2v) is 3.70. The van der Waals surface area contributed by atoms with E-state index >= 15 is 0 Å². The molecule has 2 aliphatic rings. The molecule has 15 heavy (non-hydrogen) atoms. The van der Waals surface area contributed by atoms with E-state index in [0.29, 0.717) is 5.92 Å². The van der Waals surface area contributed by atoms with E-state index < -0.39 is 0 Å². The Morgan fingerprint density at radius 3 is 2.87 bits per heavy atom. The van der Waals surface area contributed by atoms with E-state index in [0.717, 1.165) is 6.42 Å². The molecule has 1 aromatic rings. The van der Waals surface area contributed by atoms with Crippen molar-refractivity contribution in [3.05, 3.63) is 65.3 Å². The van der Waals surface area contributed by atoms with E-state index in [1.54, 1.807) is 0 Å². The van der Waals surface area contributed by atoms with Crippen molar-refractivity contribution in [2.24, 2.45) is 0 Å². The van der Waals surface area contributed by atoms with E-state index in [9.17, 15) is 0 Å². The predicted molar refractivity (Wildman–Crippen MR) is 61.0 cm³/mol. The zero-order valence-corrected chi connectivity index (χ0v) is 10.9. The monoisotopic (exact) mass is 271 g/mol. The molecule has 73 valence electrons. The normalized spacial score (nSPS) is 21.1. The van der Waals surface area contributed by atoms with E-state index in [1.165, 1.54) is 16.7 Å². The summed E-state index contributed by atoms with van der Waals surface area (Å²) >= 11 is 0. The summed E-state index contributed by atoms with van der Waals surface area (Å²) in [6.45, 7) is 0. The van der Waals surface area contributed by atoms with Crippen molar-refractivity contribution in [2.75, 3.05) is 0 Å². The minimum atomic E-state index is 0. The minimum Gasteiger partial charge on any atom is -1.00 e. The molecule has 0 nitrogen and oxygen atoms in total. The van der Waals surface area contributed by atoms with Crippen molar-refractivity contribution in [3.8, 4) is 0 Å². The van der Waals surface area contributed by atoms with Crippen molar-refractivity contribution >= 4 is 6.08 Å². The molecule has 1 heteroatoms. The summed E-state index contributed by atoms with van der Waals surface area (Å²) in [5.41, 5.74) is 4.10. The maximum absolute atomic E-state index is 3.39. The van der Waals surface area contributed by atoms with Crippen LogP contribution in [0.25, 0.3) is 6.08 Å². The Balaban J connectivity index is 0.000000853. The zero-order chi connectivity index (χ0) is 9.38. The van der Waals surface area contributed by atoms with Gasteiger partial charge in [0.1, 0.15) is 0 Å². The third-order valence-corrected chi connectivity index (χ3v) is 2.86. The summed E-state index contributed by atoms with van der Waals surface area (Å²) in [5, 5.41) is 0. The molecule has 0 fully saturated rings. The van der Waals surface area contributed by atoms with Gasteiger partial charge in [0.15, 0.2) is 0 Å². The van der Waals surface area contributed by atoms with Gasteiger partial charge in [-0.1, -0.05) is 36.4 Å². The van der Waals surface area contributed by atoms with Gasteiger partial charge in [0.05, 0.1) is 0 Å². The second kappa shape index (κ2) is 4.45. The van der Waals surface area contributed by atoms with Crippen LogP contribution in [0.5, 0.6) is 0 Å². The van der Waals surface area contributed by atoms with Crippen LogP contribution >= 0.6 is 0 Å². The fourth-order valence-corrected chi connectivity index (χ4v) is 2.16.